The number of carbonyl (C=O) groups is 1. The lowest BCUT2D eigenvalue weighted by atomic mass is 10.3. The lowest BCUT2D eigenvalue weighted by Gasteiger charge is -2.11. The van der Waals surface area contributed by atoms with Crippen molar-refractivity contribution in [3.8, 4) is 0 Å². The fourth-order valence-electron chi connectivity index (χ4n) is 2.51. The number of halogens is 2. The topological polar surface area (TPSA) is 46.9 Å². The molecule has 1 aromatic heterocycles. The lowest BCUT2D eigenvalue weighted by Crippen LogP contribution is -2.20. The summed E-state index contributed by atoms with van der Waals surface area (Å²) in [6.45, 7) is 2.19. The fourth-order valence-corrected chi connectivity index (χ4v) is 2.85. The molecule has 1 N–H and O–H groups in total. The standard InChI is InChI=1S/C17H15Cl2N3O/c1-2-15-20-12-7-3-4-9-14(12)22(15)10-16(23)21-13-8-5-6-11(18)17(13)19/h3-9H,2,10H2,1H3,(H,21,23). The zero-order valence-electron chi connectivity index (χ0n) is 12.5. The molecule has 0 bridgehead atoms. The van der Waals surface area contributed by atoms with Gasteiger partial charge < -0.3 is 9.88 Å². The molecule has 0 saturated heterocycles. The van der Waals surface area contributed by atoms with E-state index in [4.69, 9.17) is 23.2 Å². The van der Waals surface area contributed by atoms with E-state index in [-0.39, 0.29) is 12.5 Å². The minimum absolute atomic E-state index is 0.173. The number of anilines is 1. The van der Waals surface area contributed by atoms with Crippen molar-refractivity contribution in [3.63, 3.8) is 0 Å². The number of nitrogens with zero attached hydrogens (tertiary/aromatic N) is 2. The van der Waals surface area contributed by atoms with Crippen molar-refractivity contribution in [1.82, 2.24) is 9.55 Å². The maximum atomic E-state index is 12.4. The first-order valence-electron chi connectivity index (χ1n) is 7.28. The number of hydrogen-bond acceptors (Lipinski definition) is 2. The number of imidazole rings is 1. The van der Waals surface area contributed by atoms with Gasteiger partial charge in [0.1, 0.15) is 12.4 Å². The molecule has 0 atom stereocenters. The Hall–Kier alpha value is -2.04. The number of para-hydroxylation sites is 2. The number of hydrogen-bond donors (Lipinski definition) is 1. The molecule has 6 heteroatoms. The number of rotatable bonds is 4. The Labute approximate surface area is 144 Å². The van der Waals surface area contributed by atoms with Gasteiger partial charge in [0.25, 0.3) is 0 Å². The summed E-state index contributed by atoms with van der Waals surface area (Å²) in [6, 6.07) is 12.9. The largest absolute Gasteiger partial charge is 0.323 e. The second-order valence-corrected chi connectivity index (χ2v) is 5.89. The highest BCUT2D eigenvalue weighted by Crippen LogP contribution is 2.29. The Bertz CT molecular complexity index is 873. The van der Waals surface area contributed by atoms with Crippen molar-refractivity contribution in [3.05, 3.63) is 58.3 Å². The molecule has 0 aliphatic rings. The predicted octanol–water partition coefficient (Wildman–Crippen LogP) is 4.54. The summed E-state index contributed by atoms with van der Waals surface area (Å²) in [6.07, 6.45) is 0.750. The zero-order chi connectivity index (χ0) is 16.4. The summed E-state index contributed by atoms with van der Waals surface area (Å²) in [7, 11) is 0. The van der Waals surface area contributed by atoms with Crippen LogP contribution in [0.2, 0.25) is 10.0 Å². The van der Waals surface area contributed by atoms with Crippen LogP contribution in [0.25, 0.3) is 11.0 Å². The summed E-state index contributed by atoms with van der Waals surface area (Å²) in [5.74, 6) is 0.700. The van der Waals surface area contributed by atoms with Gasteiger partial charge in [-0.25, -0.2) is 4.98 Å². The highest BCUT2D eigenvalue weighted by atomic mass is 35.5. The molecule has 0 radical (unpaired) electrons. The van der Waals surface area contributed by atoms with E-state index in [9.17, 15) is 4.79 Å². The van der Waals surface area contributed by atoms with Gasteiger partial charge in [0.2, 0.25) is 5.91 Å². The highest BCUT2D eigenvalue weighted by Gasteiger charge is 2.14. The summed E-state index contributed by atoms with van der Waals surface area (Å²) in [4.78, 5) is 17.0. The smallest absolute Gasteiger partial charge is 0.244 e. The van der Waals surface area contributed by atoms with Gasteiger partial charge in [-0.2, -0.15) is 0 Å². The van der Waals surface area contributed by atoms with Crippen LogP contribution in [0.5, 0.6) is 0 Å². The van der Waals surface area contributed by atoms with Crippen molar-refractivity contribution in [2.24, 2.45) is 0 Å². The normalized spacial score (nSPS) is 10.9. The third-order valence-corrected chi connectivity index (χ3v) is 4.40. The van der Waals surface area contributed by atoms with Gasteiger partial charge in [0.15, 0.2) is 0 Å². The Kier molecular flexibility index (Phi) is 4.55. The first-order valence-corrected chi connectivity index (χ1v) is 8.03. The molecule has 0 unspecified atom stereocenters. The molecule has 1 heterocycles. The Morgan fingerprint density at radius 2 is 1.96 bits per heavy atom. The van der Waals surface area contributed by atoms with Gasteiger partial charge in [-0.15, -0.1) is 0 Å². The highest BCUT2D eigenvalue weighted by molar-refractivity contribution is 6.43. The quantitative estimate of drug-likeness (QED) is 0.752. The molecule has 0 fully saturated rings. The van der Waals surface area contributed by atoms with Crippen molar-refractivity contribution >= 4 is 45.8 Å². The second-order valence-electron chi connectivity index (χ2n) is 5.11. The summed E-state index contributed by atoms with van der Waals surface area (Å²) < 4.78 is 1.92. The van der Waals surface area contributed by atoms with Crippen molar-refractivity contribution in [2.75, 3.05) is 5.32 Å². The van der Waals surface area contributed by atoms with Gasteiger partial charge in [0, 0.05) is 6.42 Å². The van der Waals surface area contributed by atoms with E-state index in [1.807, 2.05) is 35.8 Å². The molecule has 3 rings (SSSR count). The van der Waals surface area contributed by atoms with Gasteiger partial charge in [0.05, 0.1) is 26.8 Å². The van der Waals surface area contributed by atoms with Gasteiger partial charge in [-0.3, -0.25) is 4.79 Å². The summed E-state index contributed by atoms with van der Waals surface area (Å²) in [5, 5.41) is 3.55. The molecule has 0 spiro atoms. The van der Waals surface area contributed by atoms with Gasteiger partial charge >= 0.3 is 0 Å². The van der Waals surface area contributed by atoms with Crippen LogP contribution in [-0.2, 0) is 17.8 Å². The van der Waals surface area contributed by atoms with Crippen molar-refractivity contribution in [1.29, 1.82) is 0 Å². The Balaban J connectivity index is 1.87. The fraction of sp³-hybridized carbons (Fsp3) is 0.176. The number of aromatic nitrogens is 2. The molecule has 0 aliphatic heterocycles. The van der Waals surface area contributed by atoms with E-state index < -0.39 is 0 Å². The van der Waals surface area contributed by atoms with E-state index in [1.54, 1.807) is 18.2 Å². The van der Waals surface area contributed by atoms with Crippen LogP contribution >= 0.6 is 23.2 Å². The molecule has 23 heavy (non-hydrogen) atoms. The molecular formula is C17H15Cl2N3O. The first kappa shape index (κ1) is 15.8. The number of benzene rings is 2. The van der Waals surface area contributed by atoms with E-state index in [2.05, 4.69) is 10.3 Å². The number of aryl methyl sites for hydroxylation is 1. The molecule has 3 aromatic rings. The van der Waals surface area contributed by atoms with Gasteiger partial charge in [-0.05, 0) is 24.3 Å². The predicted molar refractivity (Wildman–Crippen MR) is 94.2 cm³/mol. The first-order chi connectivity index (χ1) is 11.1. The minimum atomic E-state index is -0.174. The molecule has 0 saturated carbocycles. The Morgan fingerprint density at radius 3 is 2.74 bits per heavy atom. The van der Waals surface area contributed by atoms with Gasteiger partial charge in [-0.1, -0.05) is 48.3 Å². The van der Waals surface area contributed by atoms with Crippen molar-refractivity contribution < 1.29 is 4.79 Å². The molecular weight excluding hydrogens is 333 g/mol. The summed E-state index contributed by atoms with van der Waals surface area (Å²) >= 11 is 12.1. The van der Waals surface area contributed by atoms with Crippen molar-refractivity contribution in [2.45, 2.75) is 19.9 Å². The maximum absolute atomic E-state index is 12.4. The molecule has 4 nitrogen and oxygen atoms in total. The number of amides is 1. The second kappa shape index (κ2) is 6.60. The summed E-state index contributed by atoms with van der Waals surface area (Å²) in [5.41, 5.74) is 2.33. The molecule has 0 aliphatic carbocycles. The zero-order valence-corrected chi connectivity index (χ0v) is 14.0. The van der Waals surface area contributed by atoms with Crippen LogP contribution in [0.1, 0.15) is 12.7 Å². The van der Waals surface area contributed by atoms with E-state index in [0.717, 1.165) is 23.3 Å². The van der Waals surface area contributed by atoms with Crippen LogP contribution in [-0.4, -0.2) is 15.5 Å². The maximum Gasteiger partial charge on any atom is 0.244 e. The molecule has 2 aromatic carbocycles. The third-order valence-electron chi connectivity index (χ3n) is 3.58. The number of nitrogens with one attached hydrogen (secondary N) is 1. The van der Waals surface area contributed by atoms with Crippen LogP contribution in [0.15, 0.2) is 42.5 Å². The lowest BCUT2D eigenvalue weighted by molar-refractivity contribution is -0.116. The number of fused-ring (bicyclic) bond motifs is 1. The van der Waals surface area contributed by atoms with Crippen LogP contribution in [0.3, 0.4) is 0 Å². The van der Waals surface area contributed by atoms with Crippen LogP contribution in [0, 0.1) is 0 Å². The Morgan fingerprint density at radius 1 is 1.17 bits per heavy atom. The average molecular weight is 348 g/mol. The van der Waals surface area contributed by atoms with E-state index in [1.165, 1.54) is 0 Å². The minimum Gasteiger partial charge on any atom is -0.323 e. The van der Waals surface area contributed by atoms with E-state index in [0.29, 0.717) is 15.7 Å². The molecule has 118 valence electrons. The van der Waals surface area contributed by atoms with Crippen LogP contribution in [0.4, 0.5) is 5.69 Å². The van der Waals surface area contributed by atoms with Crippen LogP contribution < -0.4 is 5.32 Å². The van der Waals surface area contributed by atoms with E-state index >= 15 is 0 Å². The monoisotopic (exact) mass is 347 g/mol. The average Bonchev–Trinajstić information content (AvgIpc) is 2.90. The molecule has 1 amide bonds. The third kappa shape index (κ3) is 3.19. The number of carbonyl (C=O) groups excluding carboxylic acids is 1. The SMILES string of the molecule is CCc1nc2ccccc2n1CC(=O)Nc1cccc(Cl)c1Cl.